The van der Waals surface area contributed by atoms with Crippen LogP contribution >= 0.6 is 0 Å². The van der Waals surface area contributed by atoms with Gasteiger partial charge in [-0.1, -0.05) is 13.8 Å². The van der Waals surface area contributed by atoms with E-state index in [0.717, 1.165) is 6.42 Å². The maximum Gasteiger partial charge on any atom is 0.292 e. The van der Waals surface area contributed by atoms with Crippen molar-refractivity contribution in [3.63, 3.8) is 0 Å². The molecule has 2 rings (SSSR count). The number of benzene rings is 1. The molecule has 5 heteroatoms. The molecule has 20 heavy (non-hydrogen) atoms. The van der Waals surface area contributed by atoms with Crippen molar-refractivity contribution >= 4 is 11.7 Å². The van der Waals surface area contributed by atoms with E-state index in [1.165, 1.54) is 0 Å². The molecular weight excluding hydrogens is 258 g/mol. The second-order valence-corrected chi connectivity index (χ2v) is 5.14. The molecule has 0 bridgehead atoms. The van der Waals surface area contributed by atoms with Crippen molar-refractivity contribution in [3.05, 3.63) is 23.8 Å². The molecule has 1 aliphatic rings. The number of Topliss-reactive ketones (excluding diaryl/α,β-unsaturated/α-hetero) is 1. The Labute approximate surface area is 118 Å². The summed E-state index contributed by atoms with van der Waals surface area (Å²) in [5, 5.41) is 2.61. The Hall–Kier alpha value is -2.04. The van der Waals surface area contributed by atoms with Crippen LogP contribution in [0, 0.1) is 5.92 Å². The summed E-state index contributed by atoms with van der Waals surface area (Å²) in [7, 11) is 0. The Bertz CT molecular complexity index is 511. The molecule has 1 aromatic carbocycles. The van der Waals surface area contributed by atoms with Crippen molar-refractivity contribution in [3.8, 4) is 11.5 Å². The number of hydrogen-bond acceptors (Lipinski definition) is 4. The van der Waals surface area contributed by atoms with Crippen LogP contribution in [0.2, 0.25) is 0 Å². The van der Waals surface area contributed by atoms with Gasteiger partial charge in [-0.25, -0.2) is 0 Å². The minimum Gasteiger partial charge on any atom is -0.490 e. The van der Waals surface area contributed by atoms with Crippen LogP contribution in [-0.4, -0.2) is 31.4 Å². The van der Waals surface area contributed by atoms with Gasteiger partial charge in [0, 0.05) is 18.5 Å². The Kier molecular flexibility index (Phi) is 4.61. The quantitative estimate of drug-likeness (QED) is 0.673. The first kappa shape index (κ1) is 14.4. The van der Waals surface area contributed by atoms with Crippen molar-refractivity contribution in [2.24, 2.45) is 5.92 Å². The van der Waals surface area contributed by atoms with Gasteiger partial charge in [0.25, 0.3) is 5.91 Å². The molecule has 0 saturated heterocycles. The lowest BCUT2D eigenvalue weighted by atomic mass is 10.1. The second kappa shape index (κ2) is 6.41. The van der Waals surface area contributed by atoms with Crippen LogP contribution in [0.1, 0.15) is 30.6 Å². The lowest BCUT2D eigenvalue weighted by Crippen LogP contribution is -2.33. The monoisotopic (exact) mass is 277 g/mol. The molecule has 0 aromatic heterocycles. The third kappa shape index (κ3) is 3.50. The van der Waals surface area contributed by atoms with E-state index in [-0.39, 0.29) is 0 Å². The predicted octanol–water partition coefficient (Wildman–Crippen LogP) is 1.80. The number of amides is 1. The molecule has 1 aromatic rings. The Morgan fingerprint density at radius 2 is 1.90 bits per heavy atom. The highest BCUT2D eigenvalue weighted by Gasteiger charge is 2.19. The molecule has 0 spiro atoms. The maximum atomic E-state index is 12.0. The number of rotatable bonds is 4. The minimum atomic E-state index is -0.590. The zero-order valence-electron chi connectivity index (χ0n) is 11.8. The fraction of sp³-hybridized carbons (Fsp3) is 0.467. The van der Waals surface area contributed by atoms with Gasteiger partial charge in [-0.3, -0.25) is 9.59 Å². The van der Waals surface area contributed by atoms with Crippen molar-refractivity contribution in [2.75, 3.05) is 19.8 Å². The molecule has 0 aliphatic carbocycles. The molecule has 0 saturated carbocycles. The lowest BCUT2D eigenvalue weighted by Gasteiger charge is -2.09. The van der Waals surface area contributed by atoms with E-state index < -0.39 is 11.7 Å². The van der Waals surface area contributed by atoms with Crippen LogP contribution in [0.25, 0.3) is 0 Å². The van der Waals surface area contributed by atoms with Gasteiger partial charge >= 0.3 is 0 Å². The number of carbonyl (C=O) groups excluding carboxylic acids is 2. The van der Waals surface area contributed by atoms with Gasteiger partial charge < -0.3 is 14.8 Å². The molecular formula is C15H19NO4. The predicted molar refractivity (Wildman–Crippen MR) is 74.2 cm³/mol. The molecule has 1 amide bonds. The van der Waals surface area contributed by atoms with Crippen molar-refractivity contribution in [1.82, 2.24) is 5.32 Å². The first-order chi connectivity index (χ1) is 9.58. The Morgan fingerprint density at radius 3 is 2.60 bits per heavy atom. The Morgan fingerprint density at radius 1 is 1.20 bits per heavy atom. The highest BCUT2D eigenvalue weighted by Crippen LogP contribution is 2.30. The zero-order chi connectivity index (χ0) is 14.5. The number of nitrogens with one attached hydrogen (secondary N) is 1. The number of fused-ring (bicyclic) bond motifs is 1. The zero-order valence-corrected chi connectivity index (χ0v) is 11.8. The van der Waals surface area contributed by atoms with Gasteiger partial charge in [-0.15, -0.1) is 0 Å². The largest absolute Gasteiger partial charge is 0.490 e. The second-order valence-electron chi connectivity index (χ2n) is 5.14. The van der Waals surface area contributed by atoms with E-state index in [2.05, 4.69) is 5.32 Å². The summed E-state index contributed by atoms with van der Waals surface area (Å²) in [6.07, 6.45) is 0.798. The van der Waals surface area contributed by atoms with Gasteiger partial charge in [0.1, 0.15) is 0 Å². The third-order valence-electron chi connectivity index (χ3n) is 2.89. The molecule has 108 valence electrons. The molecule has 0 unspecified atom stereocenters. The molecule has 0 radical (unpaired) electrons. The normalized spacial score (nSPS) is 13.8. The molecule has 1 N–H and O–H groups in total. The summed E-state index contributed by atoms with van der Waals surface area (Å²) in [4.78, 5) is 23.8. The summed E-state index contributed by atoms with van der Waals surface area (Å²) < 4.78 is 11.0. The summed E-state index contributed by atoms with van der Waals surface area (Å²) in [6, 6.07) is 4.83. The fourth-order valence-corrected chi connectivity index (χ4v) is 1.81. The van der Waals surface area contributed by atoms with Gasteiger partial charge in [-0.05, 0) is 24.1 Å². The van der Waals surface area contributed by atoms with Crippen LogP contribution in [0.4, 0.5) is 0 Å². The van der Waals surface area contributed by atoms with E-state index in [9.17, 15) is 9.59 Å². The van der Waals surface area contributed by atoms with Crippen LogP contribution in [0.3, 0.4) is 0 Å². The molecule has 1 aliphatic heterocycles. The highest BCUT2D eigenvalue weighted by atomic mass is 16.5. The highest BCUT2D eigenvalue weighted by molar-refractivity contribution is 6.42. The number of ketones is 1. The number of hydrogen-bond donors (Lipinski definition) is 1. The number of carbonyl (C=O) groups is 2. The fourth-order valence-electron chi connectivity index (χ4n) is 1.81. The van der Waals surface area contributed by atoms with Crippen LogP contribution in [0.5, 0.6) is 11.5 Å². The van der Waals surface area contributed by atoms with Crippen molar-refractivity contribution in [1.29, 1.82) is 0 Å². The maximum absolute atomic E-state index is 12.0. The van der Waals surface area contributed by atoms with Crippen molar-refractivity contribution < 1.29 is 19.1 Å². The third-order valence-corrected chi connectivity index (χ3v) is 2.89. The van der Waals surface area contributed by atoms with Gasteiger partial charge in [-0.2, -0.15) is 0 Å². The number of ether oxygens (including phenoxy) is 2. The summed E-state index contributed by atoms with van der Waals surface area (Å²) in [5.74, 6) is 0.289. The van der Waals surface area contributed by atoms with Crippen LogP contribution < -0.4 is 14.8 Å². The average molecular weight is 277 g/mol. The van der Waals surface area contributed by atoms with E-state index in [4.69, 9.17) is 9.47 Å². The first-order valence-electron chi connectivity index (χ1n) is 6.80. The van der Waals surface area contributed by atoms with Crippen molar-refractivity contribution in [2.45, 2.75) is 20.3 Å². The van der Waals surface area contributed by atoms with E-state index >= 15 is 0 Å². The van der Waals surface area contributed by atoms with E-state index in [1.54, 1.807) is 18.2 Å². The lowest BCUT2D eigenvalue weighted by molar-refractivity contribution is -0.117. The standard InChI is InChI=1S/C15H19NO4/c1-10(2)9-16-15(18)14(17)11-4-5-12-13(8-11)20-7-3-6-19-12/h4-5,8,10H,3,6-7,9H2,1-2H3,(H,16,18). The topological polar surface area (TPSA) is 64.6 Å². The van der Waals surface area contributed by atoms with Gasteiger partial charge in [0.2, 0.25) is 5.78 Å². The molecule has 0 fully saturated rings. The average Bonchev–Trinajstić information content (AvgIpc) is 2.68. The van der Waals surface area contributed by atoms with Gasteiger partial charge in [0.15, 0.2) is 11.5 Å². The Balaban J connectivity index is 2.10. The smallest absolute Gasteiger partial charge is 0.292 e. The summed E-state index contributed by atoms with van der Waals surface area (Å²) >= 11 is 0. The molecule has 0 atom stereocenters. The summed E-state index contributed by atoms with van der Waals surface area (Å²) in [5.41, 5.74) is 0.315. The molecule has 1 heterocycles. The SMILES string of the molecule is CC(C)CNC(=O)C(=O)c1ccc2c(c1)OCCCO2. The molecule has 5 nitrogen and oxygen atoms in total. The minimum absolute atomic E-state index is 0.301. The first-order valence-corrected chi connectivity index (χ1v) is 6.80. The van der Waals surface area contributed by atoms with E-state index in [1.807, 2.05) is 13.8 Å². The summed E-state index contributed by atoms with van der Waals surface area (Å²) in [6.45, 7) is 5.56. The van der Waals surface area contributed by atoms with Gasteiger partial charge in [0.05, 0.1) is 13.2 Å². The van der Waals surface area contributed by atoms with Crippen LogP contribution in [-0.2, 0) is 4.79 Å². The van der Waals surface area contributed by atoms with Crippen LogP contribution in [0.15, 0.2) is 18.2 Å². The van der Waals surface area contributed by atoms with E-state index in [0.29, 0.717) is 42.7 Å².